The van der Waals surface area contributed by atoms with E-state index in [1.54, 1.807) is 12.1 Å². The molecule has 7 heteroatoms. The van der Waals surface area contributed by atoms with Crippen molar-refractivity contribution in [3.05, 3.63) is 60.4 Å². The quantitative estimate of drug-likeness (QED) is 0.701. The van der Waals surface area contributed by atoms with Gasteiger partial charge in [0.1, 0.15) is 12.2 Å². The van der Waals surface area contributed by atoms with Gasteiger partial charge in [-0.25, -0.2) is 0 Å². The minimum absolute atomic E-state index is 0.0786. The van der Waals surface area contributed by atoms with Crippen LogP contribution >= 0.6 is 0 Å². The molecule has 31 heavy (non-hydrogen) atoms. The number of hydrogen-bond donors (Lipinski definition) is 1. The second-order valence-corrected chi connectivity index (χ2v) is 7.99. The third-order valence-electron chi connectivity index (χ3n) is 5.90. The summed E-state index contributed by atoms with van der Waals surface area (Å²) >= 11 is 0. The second-order valence-electron chi connectivity index (χ2n) is 7.99. The molecule has 160 valence electrons. The standard InChI is InChI=1S/C24H24N2O5/c27-23(22-15-29-19-7-3-4-8-20(19)31-22)25-14-16-9-11-26(12-10-16)24(28)21-13-17-5-1-2-6-18(17)30-21/h1-8,13,16,22H,9-12,14-15H2,(H,25,27). The Hall–Kier alpha value is -3.48. The van der Waals surface area contributed by atoms with Crippen molar-refractivity contribution in [2.45, 2.75) is 18.9 Å². The predicted molar refractivity (Wildman–Crippen MR) is 114 cm³/mol. The molecule has 0 aliphatic carbocycles. The van der Waals surface area contributed by atoms with Crippen molar-refractivity contribution in [2.24, 2.45) is 5.92 Å². The largest absolute Gasteiger partial charge is 0.485 e. The Balaban J connectivity index is 1.10. The first-order chi connectivity index (χ1) is 15.2. The highest BCUT2D eigenvalue weighted by Crippen LogP contribution is 2.31. The van der Waals surface area contributed by atoms with E-state index in [4.69, 9.17) is 13.9 Å². The minimum atomic E-state index is -0.648. The van der Waals surface area contributed by atoms with Crippen LogP contribution in [0.3, 0.4) is 0 Å². The highest BCUT2D eigenvalue weighted by molar-refractivity contribution is 5.96. The number of amides is 2. The normalized spacial score (nSPS) is 18.7. The number of hydrogen-bond acceptors (Lipinski definition) is 5. The van der Waals surface area contributed by atoms with Crippen molar-refractivity contribution in [1.29, 1.82) is 0 Å². The van der Waals surface area contributed by atoms with E-state index in [1.807, 2.05) is 47.4 Å². The molecule has 0 spiro atoms. The van der Waals surface area contributed by atoms with Crippen LogP contribution in [-0.2, 0) is 4.79 Å². The summed E-state index contributed by atoms with van der Waals surface area (Å²) in [4.78, 5) is 27.1. The van der Waals surface area contributed by atoms with Crippen LogP contribution < -0.4 is 14.8 Å². The zero-order valence-electron chi connectivity index (χ0n) is 17.1. The van der Waals surface area contributed by atoms with E-state index in [2.05, 4.69) is 5.32 Å². The number of benzene rings is 2. The first-order valence-electron chi connectivity index (χ1n) is 10.6. The molecule has 2 aliphatic rings. The molecule has 7 nitrogen and oxygen atoms in total. The van der Waals surface area contributed by atoms with Crippen LogP contribution in [0.2, 0.25) is 0 Å². The third kappa shape index (κ3) is 4.08. The van der Waals surface area contributed by atoms with Crippen molar-refractivity contribution >= 4 is 22.8 Å². The summed E-state index contributed by atoms with van der Waals surface area (Å²) < 4.78 is 17.1. The SMILES string of the molecule is O=C(NCC1CCN(C(=O)c2cc3ccccc3o2)CC1)C1COc2ccccc2O1. The first-order valence-corrected chi connectivity index (χ1v) is 10.6. The van der Waals surface area contributed by atoms with Crippen molar-refractivity contribution < 1.29 is 23.5 Å². The molecule has 1 aromatic heterocycles. The zero-order valence-corrected chi connectivity index (χ0v) is 17.1. The van der Waals surface area contributed by atoms with Gasteiger partial charge in [0.15, 0.2) is 17.3 Å². The summed E-state index contributed by atoms with van der Waals surface area (Å²) in [6.07, 6.45) is 1.01. The highest BCUT2D eigenvalue weighted by atomic mass is 16.6. The molecule has 0 radical (unpaired) electrons. The number of para-hydroxylation sites is 3. The minimum Gasteiger partial charge on any atom is -0.485 e. The summed E-state index contributed by atoms with van der Waals surface area (Å²) in [6.45, 7) is 2.06. The number of piperidine rings is 1. The topological polar surface area (TPSA) is 81.0 Å². The molecule has 1 fully saturated rings. The van der Waals surface area contributed by atoms with Crippen molar-refractivity contribution in [1.82, 2.24) is 10.2 Å². The number of fused-ring (bicyclic) bond motifs is 2. The lowest BCUT2D eigenvalue weighted by molar-refractivity contribution is -0.130. The van der Waals surface area contributed by atoms with Gasteiger partial charge < -0.3 is 24.1 Å². The Morgan fingerprint density at radius 3 is 2.55 bits per heavy atom. The van der Waals surface area contributed by atoms with E-state index in [0.29, 0.717) is 42.8 Å². The second kappa shape index (κ2) is 8.34. The number of nitrogens with zero attached hydrogens (tertiary/aromatic N) is 1. The molecule has 0 bridgehead atoms. The lowest BCUT2D eigenvalue weighted by Gasteiger charge is -2.32. The Morgan fingerprint density at radius 2 is 1.74 bits per heavy atom. The van der Waals surface area contributed by atoms with Crippen LogP contribution in [0.5, 0.6) is 11.5 Å². The number of carbonyl (C=O) groups is 2. The van der Waals surface area contributed by atoms with Gasteiger partial charge in [-0.1, -0.05) is 30.3 Å². The molecule has 2 aromatic carbocycles. The highest BCUT2D eigenvalue weighted by Gasteiger charge is 2.29. The van der Waals surface area contributed by atoms with Gasteiger partial charge in [0.25, 0.3) is 11.8 Å². The van der Waals surface area contributed by atoms with E-state index in [-0.39, 0.29) is 18.4 Å². The van der Waals surface area contributed by atoms with E-state index in [1.165, 1.54) is 0 Å². The van der Waals surface area contributed by atoms with E-state index in [9.17, 15) is 9.59 Å². The van der Waals surface area contributed by atoms with Crippen molar-refractivity contribution in [3.8, 4) is 11.5 Å². The van der Waals surface area contributed by atoms with Crippen LogP contribution in [0.4, 0.5) is 0 Å². The Morgan fingerprint density at radius 1 is 1.00 bits per heavy atom. The molecule has 1 N–H and O–H groups in total. The first kappa shape index (κ1) is 19.5. The summed E-state index contributed by atoms with van der Waals surface area (Å²) in [5.74, 6) is 1.70. The lowest BCUT2D eigenvalue weighted by atomic mass is 9.96. The Labute approximate surface area is 179 Å². The fraction of sp³-hybridized carbons (Fsp3) is 0.333. The van der Waals surface area contributed by atoms with Gasteiger partial charge in [-0.3, -0.25) is 9.59 Å². The van der Waals surface area contributed by atoms with Crippen molar-refractivity contribution in [2.75, 3.05) is 26.2 Å². The predicted octanol–water partition coefficient (Wildman–Crippen LogP) is 3.24. The van der Waals surface area contributed by atoms with E-state index < -0.39 is 6.10 Å². The number of likely N-dealkylation sites (tertiary alicyclic amines) is 1. The summed E-state index contributed by atoms with van der Waals surface area (Å²) in [7, 11) is 0. The Bertz CT molecular complexity index is 1070. The molecule has 2 aliphatic heterocycles. The van der Waals surface area contributed by atoms with Crippen molar-refractivity contribution in [3.63, 3.8) is 0 Å². The van der Waals surface area contributed by atoms with Crippen LogP contribution in [0.1, 0.15) is 23.4 Å². The van der Waals surface area contributed by atoms with Gasteiger partial charge in [0.2, 0.25) is 6.10 Å². The van der Waals surface area contributed by atoms with Gasteiger partial charge in [0, 0.05) is 25.0 Å². The molecule has 1 unspecified atom stereocenters. The van der Waals surface area contributed by atoms with Crippen LogP contribution in [0.25, 0.3) is 11.0 Å². The average Bonchev–Trinajstić information content (AvgIpc) is 3.26. The summed E-state index contributed by atoms with van der Waals surface area (Å²) in [5, 5.41) is 3.91. The van der Waals surface area contributed by atoms with E-state index >= 15 is 0 Å². The van der Waals surface area contributed by atoms with Crippen LogP contribution in [-0.4, -0.2) is 49.1 Å². The third-order valence-corrected chi connectivity index (χ3v) is 5.90. The number of carbonyl (C=O) groups excluding carboxylic acids is 2. The maximum Gasteiger partial charge on any atom is 0.289 e. The Kier molecular flexibility index (Phi) is 5.24. The number of rotatable bonds is 4. The number of nitrogens with one attached hydrogen (secondary N) is 1. The zero-order chi connectivity index (χ0) is 21.2. The number of ether oxygens (including phenoxy) is 2. The molecular formula is C24H24N2O5. The maximum absolute atomic E-state index is 12.8. The molecular weight excluding hydrogens is 396 g/mol. The molecule has 1 atom stereocenters. The van der Waals surface area contributed by atoms with Gasteiger partial charge >= 0.3 is 0 Å². The number of furan rings is 1. The van der Waals surface area contributed by atoms with Gasteiger partial charge in [0.05, 0.1) is 0 Å². The molecule has 0 saturated carbocycles. The molecule has 3 heterocycles. The monoisotopic (exact) mass is 420 g/mol. The fourth-order valence-corrected chi connectivity index (χ4v) is 4.09. The molecule has 1 saturated heterocycles. The van der Waals surface area contributed by atoms with Crippen LogP contribution in [0.15, 0.2) is 59.0 Å². The lowest BCUT2D eigenvalue weighted by Crippen LogP contribution is -2.47. The summed E-state index contributed by atoms with van der Waals surface area (Å²) in [5.41, 5.74) is 0.722. The van der Waals surface area contributed by atoms with Crippen LogP contribution in [0, 0.1) is 5.92 Å². The average molecular weight is 420 g/mol. The van der Waals surface area contributed by atoms with Gasteiger partial charge in [-0.2, -0.15) is 0 Å². The fourth-order valence-electron chi connectivity index (χ4n) is 4.09. The molecule has 2 amide bonds. The van der Waals surface area contributed by atoms with E-state index in [0.717, 1.165) is 23.8 Å². The smallest absolute Gasteiger partial charge is 0.289 e. The van der Waals surface area contributed by atoms with Gasteiger partial charge in [-0.05, 0) is 43.0 Å². The molecule has 3 aromatic rings. The maximum atomic E-state index is 12.8. The molecule has 5 rings (SSSR count). The summed E-state index contributed by atoms with van der Waals surface area (Å²) in [6, 6.07) is 16.8. The van der Waals surface area contributed by atoms with Gasteiger partial charge in [-0.15, -0.1) is 0 Å².